The number of methoxy groups -OCH3 is 1. The molecule has 0 saturated carbocycles. The van der Waals surface area contributed by atoms with Gasteiger partial charge < -0.3 is 24.1 Å². The summed E-state index contributed by atoms with van der Waals surface area (Å²) in [7, 11) is 1.61. The summed E-state index contributed by atoms with van der Waals surface area (Å²) >= 11 is 0. The topological polar surface area (TPSA) is 78.8 Å². The van der Waals surface area contributed by atoms with Gasteiger partial charge in [0, 0.05) is 18.0 Å². The van der Waals surface area contributed by atoms with Gasteiger partial charge >= 0.3 is 0 Å². The number of aromatic nitrogens is 1. The Labute approximate surface area is 181 Å². The van der Waals surface area contributed by atoms with Crippen LogP contribution in [0.4, 0.5) is 5.69 Å². The number of hydrogen-bond donors (Lipinski definition) is 1. The highest BCUT2D eigenvalue weighted by molar-refractivity contribution is 5.91. The molecule has 0 radical (unpaired) electrons. The Bertz CT molecular complexity index is 1090. The van der Waals surface area contributed by atoms with E-state index in [1.54, 1.807) is 26.3 Å². The zero-order valence-corrected chi connectivity index (χ0v) is 17.9. The summed E-state index contributed by atoms with van der Waals surface area (Å²) < 4.78 is 18.3. The number of anilines is 1. The zero-order valence-electron chi connectivity index (χ0n) is 17.9. The van der Waals surface area contributed by atoms with Gasteiger partial charge in [-0.1, -0.05) is 12.1 Å². The summed E-state index contributed by atoms with van der Waals surface area (Å²) in [6.45, 7) is 4.40. The smallest absolute Gasteiger partial charge is 0.262 e. The highest BCUT2D eigenvalue weighted by Crippen LogP contribution is 2.17. The molecule has 0 fully saturated rings. The fraction of sp³-hybridized carbons (Fsp3) is 0.250. The van der Waals surface area contributed by atoms with Crippen LogP contribution in [-0.4, -0.2) is 30.8 Å². The maximum absolute atomic E-state index is 12.3. The molecule has 1 amide bonds. The third kappa shape index (κ3) is 6.12. The fourth-order valence-electron chi connectivity index (χ4n) is 3.06. The SMILES string of the molecule is COc1ccc(OCCn2ccc(=O)c(OCC(=O)Nc3cccc(C)c3)c2C)cc1. The van der Waals surface area contributed by atoms with E-state index in [9.17, 15) is 9.59 Å². The fourth-order valence-corrected chi connectivity index (χ4v) is 3.06. The van der Waals surface area contributed by atoms with Crippen LogP contribution in [0.25, 0.3) is 0 Å². The second kappa shape index (κ2) is 10.3. The lowest BCUT2D eigenvalue weighted by Crippen LogP contribution is -2.24. The summed E-state index contributed by atoms with van der Waals surface area (Å²) in [6.07, 6.45) is 1.69. The molecule has 1 N–H and O–H groups in total. The third-order valence-electron chi connectivity index (χ3n) is 4.70. The Morgan fingerprint density at radius 3 is 2.45 bits per heavy atom. The average molecular weight is 422 g/mol. The van der Waals surface area contributed by atoms with Crippen molar-refractivity contribution in [3.8, 4) is 17.2 Å². The summed E-state index contributed by atoms with van der Waals surface area (Å²) in [5.74, 6) is 1.31. The molecular weight excluding hydrogens is 396 g/mol. The normalized spacial score (nSPS) is 10.4. The largest absolute Gasteiger partial charge is 0.497 e. The van der Waals surface area contributed by atoms with Crippen molar-refractivity contribution in [2.75, 3.05) is 25.6 Å². The molecule has 0 atom stereocenters. The number of pyridine rings is 1. The van der Waals surface area contributed by atoms with Crippen LogP contribution in [-0.2, 0) is 11.3 Å². The average Bonchev–Trinajstić information content (AvgIpc) is 2.75. The quantitative estimate of drug-likeness (QED) is 0.570. The van der Waals surface area contributed by atoms with Crippen molar-refractivity contribution < 1.29 is 19.0 Å². The molecule has 0 bridgehead atoms. The number of aryl methyl sites for hydroxylation is 1. The van der Waals surface area contributed by atoms with Crippen LogP contribution >= 0.6 is 0 Å². The van der Waals surface area contributed by atoms with Crippen molar-refractivity contribution in [1.29, 1.82) is 0 Å². The second-order valence-corrected chi connectivity index (χ2v) is 7.02. The number of carbonyl (C=O) groups excluding carboxylic acids is 1. The van der Waals surface area contributed by atoms with E-state index >= 15 is 0 Å². The van der Waals surface area contributed by atoms with Crippen LogP contribution in [0, 0.1) is 13.8 Å². The first-order valence-electron chi connectivity index (χ1n) is 9.92. The van der Waals surface area contributed by atoms with Crippen molar-refractivity contribution in [2.45, 2.75) is 20.4 Å². The highest BCUT2D eigenvalue weighted by atomic mass is 16.5. The predicted octanol–water partition coefficient (Wildman–Crippen LogP) is 3.57. The lowest BCUT2D eigenvalue weighted by Gasteiger charge is -2.15. The Morgan fingerprint density at radius 1 is 1.00 bits per heavy atom. The minimum atomic E-state index is -0.331. The number of ether oxygens (including phenoxy) is 3. The van der Waals surface area contributed by atoms with Crippen LogP contribution in [0.2, 0.25) is 0 Å². The maximum atomic E-state index is 12.3. The Hall–Kier alpha value is -3.74. The number of hydrogen-bond acceptors (Lipinski definition) is 5. The zero-order chi connectivity index (χ0) is 22.2. The molecule has 31 heavy (non-hydrogen) atoms. The summed E-state index contributed by atoms with van der Waals surface area (Å²) in [5.41, 5.74) is 2.09. The minimum absolute atomic E-state index is 0.159. The molecule has 3 aromatic rings. The molecule has 0 saturated heterocycles. The lowest BCUT2D eigenvalue weighted by molar-refractivity contribution is -0.118. The highest BCUT2D eigenvalue weighted by Gasteiger charge is 2.11. The number of carbonyl (C=O) groups is 1. The van der Waals surface area contributed by atoms with Gasteiger partial charge in [-0.15, -0.1) is 0 Å². The molecule has 1 aromatic heterocycles. The molecule has 0 aliphatic heterocycles. The molecule has 2 aromatic carbocycles. The van der Waals surface area contributed by atoms with Gasteiger partial charge in [0.2, 0.25) is 5.43 Å². The van der Waals surface area contributed by atoms with Gasteiger partial charge in [-0.25, -0.2) is 0 Å². The molecule has 0 spiro atoms. The van der Waals surface area contributed by atoms with E-state index in [1.807, 2.05) is 54.0 Å². The third-order valence-corrected chi connectivity index (χ3v) is 4.70. The molecule has 3 rings (SSSR count). The van der Waals surface area contributed by atoms with Crippen LogP contribution in [0.5, 0.6) is 17.2 Å². The molecule has 0 unspecified atom stereocenters. The predicted molar refractivity (Wildman–Crippen MR) is 119 cm³/mol. The second-order valence-electron chi connectivity index (χ2n) is 7.02. The first kappa shape index (κ1) is 22.0. The van der Waals surface area contributed by atoms with Crippen molar-refractivity contribution in [1.82, 2.24) is 4.57 Å². The van der Waals surface area contributed by atoms with E-state index in [2.05, 4.69) is 5.32 Å². The van der Waals surface area contributed by atoms with Gasteiger partial charge in [0.25, 0.3) is 5.91 Å². The van der Waals surface area contributed by atoms with Gasteiger partial charge in [0.05, 0.1) is 19.3 Å². The first-order valence-corrected chi connectivity index (χ1v) is 9.92. The molecule has 7 nitrogen and oxygen atoms in total. The molecule has 0 aliphatic carbocycles. The maximum Gasteiger partial charge on any atom is 0.262 e. The van der Waals surface area contributed by atoms with E-state index in [4.69, 9.17) is 14.2 Å². The van der Waals surface area contributed by atoms with Crippen molar-refractivity contribution in [3.05, 3.63) is 82.3 Å². The number of nitrogens with one attached hydrogen (secondary N) is 1. The van der Waals surface area contributed by atoms with E-state index in [-0.39, 0.29) is 23.7 Å². The van der Waals surface area contributed by atoms with Crippen LogP contribution in [0.1, 0.15) is 11.3 Å². The van der Waals surface area contributed by atoms with Gasteiger partial charge in [0.1, 0.15) is 18.1 Å². The van der Waals surface area contributed by atoms with Crippen LogP contribution in [0.3, 0.4) is 0 Å². The van der Waals surface area contributed by atoms with Gasteiger partial charge in [0.15, 0.2) is 12.4 Å². The van der Waals surface area contributed by atoms with Gasteiger partial charge in [-0.2, -0.15) is 0 Å². The van der Waals surface area contributed by atoms with E-state index < -0.39 is 0 Å². The van der Waals surface area contributed by atoms with Crippen molar-refractivity contribution in [2.24, 2.45) is 0 Å². The first-order chi connectivity index (χ1) is 15.0. The molecule has 0 aliphatic rings. The molecule has 7 heteroatoms. The van der Waals surface area contributed by atoms with Crippen molar-refractivity contribution in [3.63, 3.8) is 0 Å². The summed E-state index contributed by atoms with van der Waals surface area (Å²) in [4.78, 5) is 24.5. The Morgan fingerprint density at radius 2 is 1.74 bits per heavy atom. The molecule has 1 heterocycles. The Kier molecular flexibility index (Phi) is 7.32. The van der Waals surface area contributed by atoms with E-state index in [0.717, 1.165) is 17.1 Å². The Balaban J connectivity index is 1.57. The lowest BCUT2D eigenvalue weighted by atomic mass is 10.2. The van der Waals surface area contributed by atoms with Crippen LogP contribution < -0.4 is 25.0 Å². The molecular formula is C24H26N2O5. The number of nitrogens with zero attached hydrogens (tertiary/aromatic N) is 1. The van der Waals surface area contributed by atoms with E-state index in [1.165, 1.54) is 6.07 Å². The monoisotopic (exact) mass is 422 g/mol. The summed E-state index contributed by atoms with van der Waals surface area (Å²) in [6, 6.07) is 16.2. The van der Waals surface area contributed by atoms with Gasteiger partial charge in [-0.05, 0) is 55.8 Å². The van der Waals surface area contributed by atoms with Crippen LogP contribution in [0.15, 0.2) is 65.6 Å². The molecule has 162 valence electrons. The van der Waals surface area contributed by atoms with E-state index in [0.29, 0.717) is 24.5 Å². The number of amides is 1. The van der Waals surface area contributed by atoms with Crippen molar-refractivity contribution >= 4 is 11.6 Å². The number of rotatable bonds is 9. The number of benzene rings is 2. The standard InChI is InChI=1S/C24H26N2O5/c1-17-5-4-6-19(15-17)25-23(28)16-31-24-18(2)26(12-11-22(24)27)13-14-30-21-9-7-20(29-3)8-10-21/h4-12,15H,13-14,16H2,1-3H3,(H,25,28). The van der Waals surface area contributed by atoms with Gasteiger partial charge in [-0.3, -0.25) is 9.59 Å². The minimum Gasteiger partial charge on any atom is -0.497 e. The summed E-state index contributed by atoms with van der Waals surface area (Å²) in [5, 5.41) is 2.77.